The third kappa shape index (κ3) is 6.69. The Balaban J connectivity index is 1.69. The van der Waals surface area contributed by atoms with Gasteiger partial charge in [0.2, 0.25) is 11.8 Å². The lowest BCUT2D eigenvalue weighted by Gasteiger charge is -2.33. The molecule has 0 spiro atoms. The van der Waals surface area contributed by atoms with Gasteiger partial charge in [0.05, 0.1) is 13.5 Å². The van der Waals surface area contributed by atoms with Crippen molar-refractivity contribution in [3.8, 4) is 5.75 Å². The Morgan fingerprint density at radius 2 is 1.77 bits per heavy atom. The number of ether oxygens (including phenoxy) is 1. The number of carbonyl (C=O) groups excluding carboxylic acids is 2. The number of nitrogens with zero attached hydrogens (tertiary/aromatic N) is 1. The zero-order chi connectivity index (χ0) is 24.6. The number of carbonyl (C=O) groups is 2. The zero-order valence-corrected chi connectivity index (χ0v) is 20.7. The molecule has 35 heavy (non-hydrogen) atoms. The largest absolute Gasteiger partial charge is 0.497 e. The van der Waals surface area contributed by atoms with Gasteiger partial charge in [-0.15, -0.1) is 11.3 Å². The number of methoxy groups -OCH3 is 1. The quantitative estimate of drug-likeness (QED) is 0.418. The second kappa shape index (κ2) is 12.0. The van der Waals surface area contributed by atoms with E-state index in [1.54, 1.807) is 36.3 Å². The van der Waals surface area contributed by atoms with E-state index in [4.69, 9.17) is 4.74 Å². The molecular weight excluding hydrogens is 463 g/mol. The van der Waals surface area contributed by atoms with E-state index in [1.807, 2.05) is 29.6 Å². The number of amides is 2. The third-order valence-corrected chi connectivity index (χ3v) is 7.31. The first-order chi connectivity index (χ1) is 17.0. The Labute approximate surface area is 209 Å². The number of hydrogen-bond acceptors (Lipinski definition) is 4. The van der Waals surface area contributed by atoms with Crippen molar-refractivity contribution in [3.63, 3.8) is 0 Å². The van der Waals surface area contributed by atoms with Crippen LogP contribution in [-0.2, 0) is 22.6 Å². The highest BCUT2D eigenvalue weighted by Gasteiger charge is 2.33. The van der Waals surface area contributed by atoms with E-state index in [0.29, 0.717) is 11.3 Å². The minimum atomic E-state index is -0.819. The minimum Gasteiger partial charge on any atom is -0.497 e. The number of halogens is 1. The molecule has 1 aliphatic rings. The molecule has 5 nitrogen and oxygen atoms in total. The Morgan fingerprint density at radius 1 is 1.06 bits per heavy atom. The average molecular weight is 495 g/mol. The van der Waals surface area contributed by atoms with Gasteiger partial charge < -0.3 is 15.0 Å². The van der Waals surface area contributed by atoms with Crippen molar-refractivity contribution in [2.24, 2.45) is 0 Å². The van der Waals surface area contributed by atoms with Gasteiger partial charge in [0, 0.05) is 17.5 Å². The van der Waals surface area contributed by atoms with Crippen molar-refractivity contribution in [2.75, 3.05) is 7.11 Å². The normalized spacial score (nSPS) is 14.8. The molecule has 3 aromatic rings. The van der Waals surface area contributed by atoms with Crippen LogP contribution in [0.25, 0.3) is 0 Å². The number of hydrogen-bond donors (Lipinski definition) is 1. The molecule has 1 aliphatic carbocycles. The summed E-state index contributed by atoms with van der Waals surface area (Å²) >= 11 is 1.51. The maximum atomic E-state index is 13.8. The summed E-state index contributed by atoms with van der Waals surface area (Å²) in [5.41, 5.74) is 1.47. The molecule has 1 aromatic heterocycles. The highest BCUT2D eigenvalue weighted by molar-refractivity contribution is 7.10. The van der Waals surface area contributed by atoms with Crippen molar-refractivity contribution in [3.05, 3.63) is 87.9 Å². The maximum absolute atomic E-state index is 13.8. The fraction of sp³-hybridized carbons (Fsp3) is 0.357. The smallest absolute Gasteiger partial charge is 0.247 e. The molecule has 0 saturated heterocycles. The van der Waals surface area contributed by atoms with Crippen molar-refractivity contribution in [2.45, 2.75) is 57.2 Å². The van der Waals surface area contributed by atoms with Crippen LogP contribution in [0.1, 0.15) is 54.1 Å². The average Bonchev–Trinajstić information content (AvgIpc) is 3.39. The van der Waals surface area contributed by atoms with Gasteiger partial charge in [-0.1, -0.05) is 49.6 Å². The van der Waals surface area contributed by atoms with Crippen molar-refractivity contribution < 1.29 is 18.7 Å². The van der Waals surface area contributed by atoms with E-state index in [-0.39, 0.29) is 36.6 Å². The van der Waals surface area contributed by atoms with Gasteiger partial charge in [-0.25, -0.2) is 4.39 Å². The molecule has 1 fully saturated rings. The highest BCUT2D eigenvalue weighted by Crippen LogP contribution is 2.28. The zero-order valence-electron chi connectivity index (χ0n) is 19.9. The van der Waals surface area contributed by atoms with Gasteiger partial charge in [-0.3, -0.25) is 9.59 Å². The summed E-state index contributed by atoms with van der Waals surface area (Å²) < 4.78 is 18.9. The van der Waals surface area contributed by atoms with Gasteiger partial charge >= 0.3 is 0 Å². The lowest BCUT2D eigenvalue weighted by molar-refractivity contribution is -0.141. The van der Waals surface area contributed by atoms with E-state index >= 15 is 0 Å². The summed E-state index contributed by atoms with van der Waals surface area (Å²) in [6, 6.07) is 16.5. The Hall–Kier alpha value is -3.19. The second-order valence-corrected chi connectivity index (χ2v) is 9.96. The van der Waals surface area contributed by atoms with E-state index in [9.17, 15) is 14.0 Å². The molecule has 184 valence electrons. The Bertz CT molecular complexity index is 1090. The Kier molecular flexibility index (Phi) is 8.53. The van der Waals surface area contributed by atoms with Crippen LogP contribution in [0.15, 0.2) is 66.0 Å². The van der Waals surface area contributed by atoms with Crippen LogP contribution < -0.4 is 10.1 Å². The van der Waals surface area contributed by atoms with E-state index in [2.05, 4.69) is 5.32 Å². The fourth-order valence-electron chi connectivity index (χ4n) is 4.56. The lowest BCUT2D eigenvalue weighted by atomic mass is 9.94. The second-order valence-electron chi connectivity index (χ2n) is 8.92. The summed E-state index contributed by atoms with van der Waals surface area (Å²) in [7, 11) is 1.59. The summed E-state index contributed by atoms with van der Waals surface area (Å²) in [6.07, 6.45) is 5.46. The molecule has 1 saturated carbocycles. The van der Waals surface area contributed by atoms with Crippen LogP contribution in [0, 0.1) is 5.82 Å². The highest BCUT2D eigenvalue weighted by atomic mass is 32.1. The number of rotatable bonds is 9. The molecular formula is C28H31FN2O3S. The number of benzene rings is 2. The van der Waals surface area contributed by atoms with E-state index < -0.39 is 6.04 Å². The lowest BCUT2D eigenvalue weighted by Crippen LogP contribution is -2.47. The van der Waals surface area contributed by atoms with Crippen LogP contribution >= 0.6 is 11.3 Å². The molecule has 1 atom stereocenters. The molecule has 4 rings (SSSR count). The van der Waals surface area contributed by atoms with Gasteiger partial charge in [-0.2, -0.15) is 0 Å². The van der Waals surface area contributed by atoms with E-state index in [0.717, 1.165) is 36.1 Å². The summed E-state index contributed by atoms with van der Waals surface area (Å²) in [5, 5.41) is 5.15. The van der Waals surface area contributed by atoms with Crippen LogP contribution in [0.4, 0.5) is 4.39 Å². The van der Waals surface area contributed by atoms with Crippen LogP contribution in [-0.4, -0.2) is 29.9 Å². The maximum Gasteiger partial charge on any atom is 0.247 e. The van der Waals surface area contributed by atoms with Crippen molar-refractivity contribution >= 4 is 23.2 Å². The van der Waals surface area contributed by atoms with E-state index in [1.165, 1.54) is 29.9 Å². The summed E-state index contributed by atoms with van der Waals surface area (Å²) in [6.45, 7) is 0.194. The first-order valence-electron chi connectivity index (χ1n) is 12.0. The predicted molar refractivity (Wildman–Crippen MR) is 136 cm³/mol. The van der Waals surface area contributed by atoms with Gasteiger partial charge in [0.25, 0.3) is 0 Å². The first-order valence-corrected chi connectivity index (χ1v) is 12.9. The SMILES string of the molecule is COc1ccc([C@H](C(=O)NC2CCCCC2)N(Cc2ccc(F)cc2)C(=O)Cc2cccs2)cc1. The van der Waals surface area contributed by atoms with Crippen LogP contribution in [0.5, 0.6) is 5.75 Å². The van der Waals surface area contributed by atoms with Crippen molar-refractivity contribution in [1.29, 1.82) is 0 Å². The first kappa shape index (κ1) is 24.9. The molecule has 2 amide bonds. The third-order valence-electron chi connectivity index (χ3n) is 6.44. The van der Waals surface area contributed by atoms with Gasteiger partial charge in [-0.05, 0) is 59.7 Å². The molecule has 1 heterocycles. The molecule has 2 aromatic carbocycles. The summed E-state index contributed by atoms with van der Waals surface area (Å²) in [5.74, 6) is -0.0118. The molecule has 0 aliphatic heterocycles. The minimum absolute atomic E-state index is 0.108. The molecule has 0 unspecified atom stereocenters. The fourth-order valence-corrected chi connectivity index (χ4v) is 5.26. The van der Waals surface area contributed by atoms with Gasteiger partial charge in [0.15, 0.2) is 0 Å². The monoisotopic (exact) mass is 494 g/mol. The standard InChI is InChI=1S/C28H31FN2O3S/c1-34-24-15-11-21(12-16-24)27(28(33)30-23-6-3-2-4-7-23)31(19-20-9-13-22(29)14-10-20)26(32)18-25-8-5-17-35-25/h5,8-17,23,27H,2-4,6-7,18-19H2,1H3,(H,30,33)/t27-/m1/s1. The number of nitrogens with one attached hydrogen (secondary N) is 1. The Morgan fingerprint density at radius 3 is 2.40 bits per heavy atom. The van der Waals surface area contributed by atoms with Crippen LogP contribution in [0.3, 0.4) is 0 Å². The summed E-state index contributed by atoms with van der Waals surface area (Å²) in [4.78, 5) is 30.0. The molecule has 0 bridgehead atoms. The van der Waals surface area contributed by atoms with Crippen LogP contribution in [0.2, 0.25) is 0 Å². The van der Waals surface area contributed by atoms with Gasteiger partial charge in [0.1, 0.15) is 17.6 Å². The predicted octanol–water partition coefficient (Wildman–Crippen LogP) is 5.66. The molecule has 1 N–H and O–H groups in total. The number of thiophene rings is 1. The topological polar surface area (TPSA) is 58.6 Å². The molecule has 7 heteroatoms. The molecule has 0 radical (unpaired) electrons. The van der Waals surface area contributed by atoms with Crippen molar-refractivity contribution in [1.82, 2.24) is 10.2 Å².